The molecule has 0 radical (unpaired) electrons. The van der Waals surface area contributed by atoms with Gasteiger partial charge in [0, 0.05) is 26.8 Å². The zero-order valence-electron chi connectivity index (χ0n) is 27.9. The van der Waals surface area contributed by atoms with E-state index in [4.69, 9.17) is 0 Å². The van der Waals surface area contributed by atoms with Crippen LogP contribution in [0.5, 0.6) is 0 Å². The molecule has 0 amide bonds. The van der Waals surface area contributed by atoms with Crippen LogP contribution in [0.25, 0.3) is 42.4 Å². The summed E-state index contributed by atoms with van der Waals surface area (Å²) in [7, 11) is 0. The van der Waals surface area contributed by atoms with E-state index in [0.717, 1.165) is 11.4 Å². The molecule has 0 unspecified atom stereocenters. The highest BCUT2D eigenvalue weighted by Gasteiger charge is 2.46. The summed E-state index contributed by atoms with van der Waals surface area (Å²) in [5.74, 6) is 0. The number of anilines is 3. The first-order valence-corrected chi connectivity index (χ1v) is 18.3. The van der Waals surface area contributed by atoms with Crippen LogP contribution >= 0.6 is 11.3 Å². The second-order valence-electron chi connectivity index (χ2n) is 13.2. The van der Waals surface area contributed by atoms with Crippen LogP contribution in [0.1, 0.15) is 22.3 Å². The third-order valence-electron chi connectivity index (χ3n) is 10.5. The van der Waals surface area contributed by atoms with E-state index >= 15 is 0 Å². The fraction of sp³-hybridized carbons (Fsp3) is 0.0204. The Morgan fingerprint density at radius 3 is 1.59 bits per heavy atom. The van der Waals surface area contributed by atoms with Crippen molar-refractivity contribution in [2.75, 3.05) is 4.90 Å². The van der Waals surface area contributed by atoms with Crippen molar-refractivity contribution in [3.63, 3.8) is 0 Å². The highest BCUT2D eigenvalue weighted by molar-refractivity contribution is 7.27. The average molecular weight is 668 g/mol. The molecule has 0 saturated heterocycles. The predicted octanol–water partition coefficient (Wildman–Crippen LogP) is 13.6. The molecule has 0 saturated carbocycles. The minimum absolute atomic E-state index is 0.471. The highest BCUT2D eigenvalue weighted by Crippen LogP contribution is 2.57. The number of fused-ring (bicyclic) bond motifs is 6. The second kappa shape index (κ2) is 12.0. The number of rotatable bonds is 6. The van der Waals surface area contributed by atoms with Crippen molar-refractivity contribution in [3.8, 4) is 22.3 Å². The maximum atomic E-state index is 2.45. The minimum Gasteiger partial charge on any atom is -0.309 e. The van der Waals surface area contributed by atoms with E-state index in [-0.39, 0.29) is 0 Å². The van der Waals surface area contributed by atoms with Gasteiger partial charge in [0.1, 0.15) is 0 Å². The maximum absolute atomic E-state index is 2.45. The van der Waals surface area contributed by atoms with E-state index in [9.17, 15) is 0 Å². The molecule has 1 heterocycles. The minimum atomic E-state index is -0.471. The molecule has 9 aromatic rings. The molecule has 0 spiro atoms. The fourth-order valence-electron chi connectivity index (χ4n) is 8.42. The number of hydrogen-bond donors (Lipinski definition) is 0. The molecule has 8 aromatic carbocycles. The quantitative estimate of drug-likeness (QED) is 0.171. The summed E-state index contributed by atoms with van der Waals surface area (Å²) in [6.07, 6.45) is 0. The summed E-state index contributed by atoms with van der Waals surface area (Å²) < 4.78 is 2.59. The molecule has 240 valence electrons. The molecule has 10 rings (SSSR count). The highest BCUT2D eigenvalue weighted by atomic mass is 32.1. The Labute approximate surface area is 302 Å². The van der Waals surface area contributed by atoms with Crippen molar-refractivity contribution in [2.45, 2.75) is 5.41 Å². The van der Waals surface area contributed by atoms with Gasteiger partial charge in [-0.05, 0) is 74.8 Å². The topological polar surface area (TPSA) is 3.24 Å². The smallest absolute Gasteiger partial charge is 0.0714 e. The van der Waals surface area contributed by atoms with Crippen LogP contribution in [0.3, 0.4) is 0 Å². The molecule has 51 heavy (non-hydrogen) atoms. The summed E-state index contributed by atoms with van der Waals surface area (Å²) in [5, 5.41) is 2.57. The van der Waals surface area contributed by atoms with Crippen molar-refractivity contribution < 1.29 is 0 Å². The molecule has 1 aliphatic carbocycles. The molecule has 0 N–H and O–H groups in total. The van der Waals surface area contributed by atoms with Gasteiger partial charge in [-0.1, -0.05) is 170 Å². The van der Waals surface area contributed by atoms with Gasteiger partial charge in [0.15, 0.2) is 0 Å². The molecule has 1 aliphatic rings. The van der Waals surface area contributed by atoms with Gasteiger partial charge in [0.2, 0.25) is 0 Å². The Bertz CT molecular complexity index is 2650. The number of thiophene rings is 1. The van der Waals surface area contributed by atoms with Gasteiger partial charge in [0.05, 0.1) is 15.8 Å². The zero-order chi connectivity index (χ0) is 33.8. The second-order valence-corrected chi connectivity index (χ2v) is 14.3. The van der Waals surface area contributed by atoms with Crippen molar-refractivity contribution in [1.82, 2.24) is 0 Å². The van der Waals surface area contributed by atoms with Gasteiger partial charge in [-0.3, -0.25) is 0 Å². The Morgan fingerprint density at radius 1 is 0.373 bits per heavy atom. The third-order valence-corrected chi connectivity index (χ3v) is 11.8. The molecule has 0 bridgehead atoms. The largest absolute Gasteiger partial charge is 0.309 e. The number of para-hydroxylation sites is 1. The number of nitrogens with zero attached hydrogens (tertiary/aromatic N) is 1. The van der Waals surface area contributed by atoms with Gasteiger partial charge < -0.3 is 4.90 Å². The summed E-state index contributed by atoms with van der Waals surface area (Å²) in [6, 6.07) is 73.3. The molecule has 2 heteroatoms. The van der Waals surface area contributed by atoms with Crippen molar-refractivity contribution in [2.24, 2.45) is 0 Å². The van der Waals surface area contributed by atoms with Crippen molar-refractivity contribution in [1.29, 1.82) is 0 Å². The van der Waals surface area contributed by atoms with Crippen LogP contribution in [0, 0.1) is 0 Å². The van der Waals surface area contributed by atoms with E-state index < -0.39 is 5.41 Å². The lowest BCUT2D eigenvalue weighted by Gasteiger charge is -2.35. The fourth-order valence-corrected chi connectivity index (χ4v) is 9.76. The number of benzene rings is 8. The van der Waals surface area contributed by atoms with E-state index in [1.165, 1.54) is 70.4 Å². The maximum Gasteiger partial charge on any atom is 0.0714 e. The van der Waals surface area contributed by atoms with E-state index in [0.29, 0.717) is 0 Å². The van der Waals surface area contributed by atoms with E-state index in [1.54, 1.807) is 0 Å². The van der Waals surface area contributed by atoms with Crippen LogP contribution < -0.4 is 4.90 Å². The molecule has 0 atom stereocenters. The first kappa shape index (κ1) is 29.7. The first-order chi connectivity index (χ1) is 25.3. The Balaban J connectivity index is 1.24. The van der Waals surface area contributed by atoms with Crippen molar-refractivity contribution in [3.05, 3.63) is 222 Å². The predicted molar refractivity (Wildman–Crippen MR) is 217 cm³/mol. The zero-order valence-corrected chi connectivity index (χ0v) is 28.7. The Morgan fingerprint density at radius 2 is 0.882 bits per heavy atom. The lowest BCUT2D eigenvalue weighted by molar-refractivity contribution is 0.768. The summed E-state index contributed by atoms with van der Waals surface area (Å²) >= 11 is 1.89. The Hall–Kier alpha value is -6.22. The standard InChI is InChI=1S/C49H33NS/c1-4-17-34(18-5-1)39-27-15-28-42-43-29-16-32-46(48(43)51-47(39)42)50(37-22-8-3-9-23-37)38-24-14-21-36(33-38)49(35-19-6-2-7-20-35)44-30-12-10-25-40(44)41-26-11-13-31-45(41)49/h1-33H. The van der Waals surface area contributed by atoms with Gasteiger partial charge in [-0.2, -0.15) is 0 Å². The van der Waals surface area contributed by atoms with Crippen LogP contribution in [-0.4, -0.2) is 0 Å². The van der Waals surface area contributed by atoms with Gasteiger partial charge in [-0.25, -0.2) is 0 Å². The third kappa shape index (κ3) is 4.54. The molecular weight excluding hydrogens is 635 g/mol. The lowest BCUT2D eigenvalue weighted by Crippen LogP contribution is -2.28. The normalized spacial score (nSPS) is 12.9. The monoisotopic (exact) mass is 667 g/mol. The van der Waals surface area contributed by atoms with Crippen LogP contribution in [0.2, 0.25) is 0 Å². The number of hydrogen-bond acceptors (Lipinski definition) is 2. The van der Waals surface area contributed by atoms with Crippen LogP contribution in [0.4, 0.5) is 17.1 Å². The van der Waals surface area contributed by atoms with Crippen LogP contribution in [-0.2, 0) is 5.41 Å². The Kier molecular flexibility index (Phi) is 6.97. The van der Waals surface area contributed by atoms with Gasteiger partial charge in [-0.15, -0.1) is 11.3 Å². The summed E-state index contributed by atoms with van der Waals surface area (Å²) in [6.45, 7) is 0. The average Bonchev–Trinajstić information content (AvgIpc) is 3.74. The summed E-state index contributed by atoms with van der Waals surface area (Å²) in [5.41, 5.74) is 13.2. The van der Waals surface area contributed by atoms with Crippen LogP contribution in [0.15, 0.2) is 200 Å². The molecular formula is C49H33NS. The van der Waals surface area contributed by atoms with E-state index in [1.807, 2.05) is 11.3 Å². The molecule has 0 aliphatic heterocycles. The van der Waals surface area contributed by atoms with Crippen molar-refractivity contribution >= 4 is 48.6 Å². The molecule has 0 fully saturated rings. The SMILES string of the molecule is c1ccc(-c2cccc3c2sc2c(N(c4ccccc4)c4cccc(C5(c6ccccc6)c6ccccc6-c6ccccc65)c4)cccc23)cc1. The summed E-state index contributed by atoms with van der Waals surface area (Å²) in [4.78, 5) is 2.45. The lowest BCUT2D eigenvalue weighted by atomic mass is 9.67. The van der Waals surface area contributed by atoms with E-state index in [2.05, 4.69) is 205 Å². The molecule has 1 aromatic heterocycles. The molecule has 1 nitrogen and oxygen atoms in total. The van der Waals surface area contributed by atoms with Gasteiger partial charge in [0.25, 0.3) is 0 Å². The van der Waals surface area contributed by atoms with Gasteiger partial charge >= 0.3 is 0 Å². The first-order valence-electron chi connectivity index (χ1n) is 17.5.